The maximum Gasteiger partial charge on any atom is 0.334 e. The molecule has 2 nitrogen and oxygen atoms in total. The van der Waals surface area contributed by atoms with Crippen molar-refractivity contribution < 1.29 is 9.53 Å². The molecule has 0 aliphatic heterocycles. The van der Waals surface area contributed by atoms with Crippen LogP contribution in [-0.4, -0.2) is 11.6 Å². The molecule has 0 atom stereocenters. The normalized spacial score (nSPS) is 24.7. The van der Waals surface area contributed by atoms with E-state index >= 15 is 0 Å². The SMILES string of the molecule is C=C(C(=O)OC(C)(C)C)C1CCC(CCC)CC1. The minimum Gasteiger partial charge on any atom is -0.457 e. The molecule has 0 spiro atoms. The third-order valence-electron chi connectivity index (χ3n) is 3.70. The Morgan fingerprint density at radius 1 is 1.22 bits per heavy atom. The van der Waals surface area contributed by atoms with Crippen LogP contribution < -0.4 is 0 Å². The van der Waals surface area contributed by atoms with Crippen LogP contribution in [0, 0.1) is 11.8 Å². The lowest BCUT2D eigenvalue weighted by Crippen LogP contribution is -2.28. The van der Waals surface area contributed by atoms with Crippen molar-refractivity contribution in [1.29, 1.82) is 0 Å². The Bertz CT molecular complexity index is 291. The lowest BCUT2D eigenvalue weighted by molar-refractivity contribution is -0.150. The van der Waals surface area contributed by atoms with E-state index in [4.69, 9.17) is 4.74 Å². The van der Waals surface area contributed by atoms with E-state index < -0.39 is 5.60 Å². The second-order valence-corrected chi connectivity index (χ2v) is 6.53. The van der Waals surface area contributed by atoms with Crippen LogP contribution in [0.1, 0.15) is 66.2 Å². The monoisotopic (exact) mass is 252 g/mol. The number of ether oxygens (including phenoxy) is 1. The maximum atomic E-state index is 11.9. The molecular formula is C16H28O2. The van der Waals surface area contributed by atoms with Gasteiger partial charge in [-0.15, -0.1) is 0 Å². The van der Waals surface area contributed by atoms with Gasteiger partial charge in [-0.3, -0.25) is 0 Å². The molecule has 0 N–H and O–H groups in total. The molecule has 0 aromatic rings. The van der Waals surface area contributed by atoms with Gasteiger partial charge in [0.15, 0.2) is 0 Å². The minimum absolute atomic E-state index is 0.207. The van der Waals surface area contributed by atoms with Crippen LogP contribution in [0.25, 0.3) is 0 Å². The van der Waals surface area contributed by atoms with Gasteiger partial charge in [0.2, 0.25) is 0 Å². The quantitative estimate of drug-likeness (QED) is 0.544. The van der Waals surface area contributed by atoms with Crippen molar-refractivity contribution in [3.05, 3.63) is 12.2 Å². The summed E-state index contributed by atoms with van der Waals surface area (Å²) >= 11 is 0. The number of hydrogen-bond donors (Lipinski definition) is 0. The van der Waals surface area contributed by atoms with Gasteiger partial charge in [-0.25, -0.2) is 4.79 Å². The molecule has 0 aromatic heterocycles. The molecule has 0 saturated heterocycles. The van der Waals surface area contributed by atoms with Crippen molar-refractivity contribution in [3.63, 3.8) is 0 Å². The number of carbonyl (C=O) groups is 1. The molecule has 0 aromatic carbocycles. The van der Waals surface area contributed by atoms with Crippen LogP contribution in [0.4, 0.5) is 0 Å². The summed E-state index contributed by atoms with van der Waals surface area (Å²) in [5.74, 6) is 0.993. The molecule has 0 radical (unpaired) electrons. The van der Waals surface area contributed by atoms with Crippen LogP contribution in [0.5, 0.6) is 0 Å². The van der Waals surface area contributed by atoms with E-state index in [2.05, 4.69) is 13.5 Å². The second kappa shape index (κ2) is 6.40. The van der Waals surface area contributed by atoms with E-state index in [9.17, 15) is 4.79 Å². The highest BCUT2D eigenvalue weighted by Gasteiger charge is 2.28. The van der Waals surface area contributed by atoms with E-state index in [-0.39, 0.29) is 5.97 Å². The van der Waals surface area contributed by atoms with E-state index in [0.29, 0.717) is 11.5 Å². The molecule has 2 heteroatoms. The van der Waals surface area contributed by atoms with Gasteiger partial charge in [-0.05, 0) is 58.3 Å². The Balaban J connectivity index is 2.42. The summed E-state index contributed by atoms with van der Waals surface area (Å²) in [6.07, 6.45) is 7.26. The highest BCUT2D eigenvalue weighted by Crippen LogP contribution is 2.35. The molecule has 0 unspecified atom stereocenters. The summed E-state index contributed by atoms with van der Waals surface area (Å²) in [5, 5.41) is 0. The topological polar surface area (TPSA) is 26.3 Å². The second-order valence-electron chi connectivity index (χ2n) is 6.53. The molecule has 1 fully saturated rings. The molecule has 1 aliphatic rings. The van der Waals surface area contributed by atoms with Crippen molar-refractivity contribution in [3.8, 4) is 0 Å². The average Bonchev–Trinajstić information content (AvgIpc) is 2.27. The fourth-order valence-corrected chi connectivity index (χ4v) is 2.72. The highest BCUT2D eigenvalue weighted by molar-refractivity contribution is 5.88. The summed E-state index contributed by atoms with van der Waals surface area (Å²) in [5.41, 5.74) is 0.263. The average molecular weight is 252 g/mol. The molecule has 1 rings (SSSR count). The molecule has 0 heterocycles. The summed E-state index contributed by atoms with van der Waals surface area (Å²) in [4.78, 5) is 11.9. The smallest absolute Gasteiger partial charge is 0.334 e. The molecular weight excluding hydrogens is 224 g/mol. The van der Waals surface area contributed by atoms with Gasteiger partial charge >= 0.3 is 5.97 Å². The van der Waals surface area contributed by atoms with Crippen molar-refractivity contribution in [2.45, 2.75) is 71.8 Å². The Morgan fingerprint density at radius 3 is 2.22 bits per heavy atom. The molecule has 1 saturated carbocycles. The maximum absolute atomic E-state index is 11.9. The van der Waals surface area contributed by atoms with Gasteiger partial charge < -0.3 is 4.74 Å². The Labute approximate surface area is 112 Å². The molecule has 0 bridgehead atoms. The van der Waals surface area contributed by atoms with E-state index in [1.807, 2.05) is 20.8 Å². The highest BCUT2D eigenvalue weighted by atomic mass is 16.6. The minimum atomic E-state index is -0.417. The zero-order valence-corrected chi connectivity index (χ0v) is 12.4. The van der Waals surface area contributed by atoms with E-state index in [1.54, 1.807) is 0 Å². The van der Waals surface area contributed by atoms with E-state index in [0.717, 1.165) is 18.8 Å². The standard InChI is InChI=1S/C16H28O2/c1-6-7-13-8-10-14(11-9-13)12(2)15(17)18-16(3,4)5/h13-14H,2,6-11H2,1,3-5H3. The predicted octanol–water partition coefficient (Wildman–Crippen LogP) is 4.49. The zero-order chi connectivity index (χ0) is 13.8. The number of hydrogen-bond acceptors (Lipinski definition) is 2. The van der Waals surface area contributed by atoms with Crippen LogP contribution in [0.3, 0.4) is 0 Å². The number of carbonyl (C=O) groups excluding carboxylic acids is 1. The summed E-state index contributed by atoms with van der Waals surface area (Å²) in [7, 11) is 0. The van der Waals surface area contributed by atoms with Crippen LogP contribution in [0.2, 0.25) is 0 Å². The first-order chi connectivity index (χ1) is 8.33. The molecule has 0 amide bonds. The number of esters is 1. The van der Waals surface area contributed by atoms with Gasteiger partial charge in [-0.1, -0.05) is 26.3 Å². The van der Waals surface area contributed by atoms with Crippen molar-refractivity contribution in [2.24, 2.45) is 11.8 Å². The molecule has 18 heavy (non-hydrogen) atoms. The van der Waals surface area contributed by atoms with Gasteiger partial charge in [0.05, 0.1) is 0 Å². The molecule has 1 aliphatic carbocycles. The van der Waals surface area contributed by atoms with Crippen LogP contribution in [-0.2, 0) is 9.53 Å². The van der Waals surface area contributed by atoms with Gasteiger partial charge in [0.1, 0.15) is 5.60 Å². The predicted molar refractivity (Wildman–Crippen MR) is 75.3 cm³/mol. The fraction of sp³-hybridized carbons (Fsp3) is 0.812. The Morgan fingerprint density at radius 2 is 1.78 bits per heavy atom. The van der Waals surface area contributed by atoms with Gasteiger partial charge in [-0.2, -0.15) is 0 Å². The van der Waals surface area contributed by atoms with Gasteiger partial charge in [0.25, 0.3) is 0 Å². The largest absolute Gasteiger partial charge is 0.457 e. The molecule has 104 valence electrons. The lowest BCUT2D eigenvalue weighted by Gasteiger charge is -2.30. The lowest BCUT2D eigenvalue weighted by atomic mass is 9.77. The Hall–Kier alpha value is -0.790. The number of rotatable bonds is 4. The fourth-order valence-electron chi connectivity index (χ4n) is 2.72. The summed E-state index contributed by atoms with van der Waals surface area (Å²) < 4.78 is 5.39. The third-order valence-corrected chi connectivity index (χ3v) is 3.70. The van der Waals surface area contributed by atoms with Crippen molar-refractivity contribution >= 4 is 5.97 Å². The van der Waals surface area contributed by atoms with E-state index in [1.165, 1.54) is 25.7 Å². The van der Waals surface area contributed by atoms with Crippen LogP contribution >= 0.6 is 0 Å². The first-order valence-electron chi connectivity index (χ1n) is 7.25. The summed E-state index contributed by atoms with van der Waals surface area (Å²) in [6, 6.07) is 0. The first kappa shape index (κ1) is 15.3. The zero-order valence-electron chi connectivity index (χ0n) is 12.4. The van der Waals surface area contributed by atoms with Crippen LogP contribution in [0.15, 0.2) is 12.2 Å². The first-order valence-corrected chi connectivity index (χ1v) is 7.25. The van der Waals surface area contributed by atoms with Crippen molar-refractivity contribution in [1.82, 2.24) is 0 Å². The Kier molecular flexibility index (Phi) is 5.43. The van der Waals surface area contributed by atoms with Gasteiger partial charge in [0, 0.05) is 5.57 Å². The summed E-state index contributed by atoms with van der Waals surface area (Å²) in [6.45, 7) is 11.9. The third kappa shape index (κ3) is 4.83. The van der Waals surface area contributed by atoms with Crippen molar-refractivity contribution in [2.75, 3.05) is 0 Å².